The van der Waals surface area contributed by atoms with Gasteiger partial charge in [-0.1, -0.05) is 0 Å². The highest BCUT2D eigenvalue weighted by atomic mass is 19.4. The zero-order valence-corrected chi connectivity index (χ0v) is 7.57. The van der Waals surface area contributed by atoms with Crippen molar-refractivity contribution < 1.29 is 13.2 Å². The quantitative estimate of drug-likeness (QED) is 0.703. The third kappa shape index (κ3) is 4.56. The molecule has 1 unspecified atom stereocenters. The summed E-state index contributed by atoms with van der Waals surface area (Å²) in [6.45, 7) is 0.436. The molecule has 0 amide bonds. The van der Waals surface area contributed by atoms with Crippen LogP contribution < -0.4 is 5.32 Å². The highest BCUT2D eigenvalue weighted by molar-refractivity contribution is 4.73. The van der Waals surface area contributed by atoms with Gasteiger partial charge in [0.1, 0.15) is 6.04 Å². The number of hydrogen-bond donors (Lipinski definition) is 1. The van der Waals surface area contributed by atoms with Crippen molar-refractivity contribution in [1.82, 2.24) is 10.2 Å². The average molecular weight is 184 g/mol. The molecule has 5 heteroatoms. The third-order valence-electron chi connectivity index (χ3n) is 1.61. The van der Waals surface area contributed by atoms with Crippen LogP contribution in [-0.4, -0.2) is 44.8 Å². The Kier molecular flexibility index (Phi) is 4.55. The van der Waals surface area contributed by atoms with E-state index in [0.29, 0.717) is 6.54 Å². The summed E-state index contributed by atoms with van der Waals surface area (Å²) in [6, 6.07) is -1.39. The molecule has 2 nitrogen and oxygen atoms in total. The van der Waals surface area contributed by atoms with Crippen LogP contribution in [0.25, 0.3) is 0 Å². The average Bonchev–Trinajstić information content (AvgIpc) is 1.85. The van der Waals surface area contributed by atoms with Gasteiger partial charge in [-0.25, -0.2) is 0 Å². The Morgan fingerprint density at radius 2 is 1.83 bits per heavy atom. The van der Waals surface area contributed by atoms with Gasteiger partial charge in [-0.3, -0.25) is 0 Å². The molecule has 0 aromatic carbocycles. The van der Waals surface area contributed by atoms with Crippen LogP contribution in [-0.2, 0) is 0 Å². The van der Waals surface area contributed by atoms with E-state index < -0.39 is 12.2 Å². The summed E-state index contributed by atoms with van der Waals surface area (Å²) in [5.41, 5.74) is 0. The van der Waals surface area contributed by atoms with E-state index in [-0.39, 0.29) is 6.42 Å². The second-order valence-electron chi connectivity index (χ2n) is 2.97. The van der Waals surface area contributed by atoms with E-state index in [1.165, 1.54) is 7.05 Å². The molecule has 0 aliphatic carbocycles. The molecule has 0 radical (unpaired) electrons. The fourth-order valence-corrected chi connectivity index (χ4v) is 0.859. The van der Waals surface area contributed by atoms with Gasteiger partial charge in [0.2, 0.25) is 0 Å². The van der Waals surface area contributed by atoms with Crippen LogP contribution in [0, 0.1) is 0 Å². The van der Waals surface area contributed by atoms with Gasteiger partial charge in [-0.05, 0) is 34.1 Å². The van der Waals surface area contributed by atoms with Gasteiger partial charge in [-0.15, -0.1) is 0 Å². The predicted molar refractivity (Wildman–Crippen MR) is 42.1 cm³/mol. The Hall–Kier alpha value is -0.290. The van der Waals surface area contributed by atoms with E-state index in [0.717, 1.165) is 0 Å². The first-order valence-electron chi connectivity index (χ1n) is 3.76. The molecule has 0 aromatic rings. The van der Waals surface area contributed by atoms with Gasteiger partial charge in [0.15, 0.2) is 0 Å². The highest BCUT2D eigenvalue weighted by Crippen LogP contribution is 2.21. The maximum absolute atomic E-state index is 12.1. The summed E-state index contributed by atoms with van der Waals surface area (Å²) >= 11 is 0. The number of hydrogen-bond acceptors (Lipinski definition) is 2. The molecule has 0 saturated carbocycles. The minimum atomic E-state index is -4.13. The van der Waals surface area contributed by atoms with Crippen LogP contribution in [0.1, 0.15) is 6.42 Å². The molecular formula is C7H15F3N2. The lowest BCUT2D eigenvalue weighted by molar-refractivity contribution is -0.156. The Bertz CT molecular complexity index is 122. The van der Waals surface area contributed by atoms with Crippen LogP contribution in [0.3, 0.4) is 0 Å². The SMILES string of the molecule is CNC(CCN(C)C)C(F)(F)F. The molecule has 0 rings (SSSR count). The van der Waals surface area contributed by atoms with E-state index in [2.05, 4.69) is 5.32 Å². The first-order valence-corrected chi connectivity index (χ1v) is 3.76. The maximum Gasteiger partial charge on any atom is 0.403 e. The fourth-order valence-electron chi connectivity index (χ4n) is 0.859. The van der Waals surface area contributed by atoms with Crippen molar-refractivity contribution in [3.8, 4) is 0 Å². The molecule has 0 aliphatic heterocycles. The Morgan fingerprint density at radius 1 is 1.33 bits per heavy atom. The van der Waals surface area contributed by atoms with E-state index >= 15 is 0 Å². The highest BCUT2D eigenvalue weighted by Gasteiger charge is 2.37. The normalized spacial score (nSPS) is 15.2. The molecule has 0 bridgehead atoms. The summed E-state index contributed by atoms with van der Waals surface area (Å²) in [6.07, 6.45) is -4.04. The van der Waals surface area contributed by atoms with Crippen LogP contribution >= 0.6 is 0 Å². The number of alkyl halides is 3. The van der Waals surface area contributed by atoms with Gasteiger partial charge >= 0.3 is 6.18 Å². The monoisotopic (exact) mass is 184 g/mol. The van der Waals surface area contributed by atoms with Gasteiger partial charge in [0.25, 0.3) is 0 Å². The van der Waals surface area contributed by atoms with Crippen LogP contribution in [0.4, 0.5) is 13.2 Å². The summed E-state index contributed by atoms with van der Waals surface area (Å²) < 4.78 is 36.3. The zero-order valence-electron chi connectivity index (χ0n) is 7.57. The van der Waals surface area contributed by atoms with E-state index in [4.69, 9.17) is 0 Å². The Labute approximate surface area is 70.7 Å². The molecule has 1 atom stereocenters. The van der Waals surface area contributed by atoms with E-state index in [1.54, 1.807) is 19.0 Å². The maximum atomic E-state index is 12.1. The first kappa shape index (κ1) is 11.7. The fraction of sp³-hybridized carbons (Fsp3) is 1.00. The van der Waals surface area contributed by atoms with Gasteiger partial charge in [0.05, 0.1) is 0 Å². The minimum Gasteiger partial charge on any atom is -0.309 e. The van der Waals surface area contributed by atoms with Crippen LogP contribution in [0.2, 0.25) is 0 Å². The smallest absolute Gasteiger partial charge is 0.309 e. The summed E-state index contributed by atoms with van der Waals surface area (Å²) in [5, 5.41) is 2.25. The summed E-state index contributed by atoms with van der Waals surface area (Å²) in [5.74, 6) is 0. The third-order valence-corrected chi connectivity index (χ3v) is 1.61. The van der Waals surface area contributed by atoms with Crippen molar-refractivity contribution in [2.24, 2.45) is 0 Å². The molecule has 74 valence electrons. The second kappa shape index (κ2) is 4.67. The molecule has 0 heterocycles. The molecular weight excluding hydrogens is 169 g/mol. The van der Waals surface area contributed by atoms with Crippen molar-refractivity contribution >= 4 is 0 Å². The van der Waals surface area contributed by atoms with Crippen LogP contribution in [0.15, 0.2) is 0 Å². The molecule has 12 heavy (non-hydrogen) atoms. The van der Waals surface area contributed by atoms with Crippen molar-refractivity contribution in [2.45, 2.75) is 18.6 Å². The van der Waals surface area contributed by atoms with Gasteiger partial charge in [0, 0.05) is 0 Å². The molecule has 0 aromatic heterocycles. The first-order chi connectivity index (χ1) is 5.38. The largest absolute Gasteiger partial charge is 0.403 e. The number of nitrogens with zero attached hydrogens (tertiary/aromatic N) is 1. The lowest BCUT2D eigenvalue weighted by Crippen LogP contribution is -2.41. The van der Waals surface area contributed by atoms with Crippen molar-refractivity contribution in [2.75, 3.05) is 27.7 Å². The standard InChI is InChI=1S/C7H15F3N2/c1-11-6(7(8,9)10)4-5-12(2)3/h6,11H,4-5H2,1-3H3. The second-order valence-corrected chi connectivity index (χ2v) is 2.97. The number of halogens is 3. The lowest BCUT2D eigenvalue weighted by Gasteiger charge is -2.21. The van der Waals surface area contributed by atoms with Crippen molar-refractivity contribution in [3.05, 3.63) is 0 Å². The molecule has 0 fully saturated rings. The lowest BCUT2D eigenvalue weighted by atomic mass is 10.2. The summed E-state index contributed by atoms with van der Waals surface area (Å²) in [4.78, 5) is 1.73. The van der Waals surface area contributed by atoms with Crippen molar-refractivity contribution in [3.63, 3.8) is 0 Å². The number of nitrogens with one attached hydrogen (secondary N) is 1. The van der Waals surface area contributed by atoms with Crippen molar-refractivity contribution in [1.29, 1.82) is 0 Å². The van der Waals surface area contributed by atoms with E-state index in [9.17, 15) is 13.2 Å². The van der Waals surface area contributed by atoms with Gasteiger partial charge < -0.3 is 10.2 Å². The number of rotatable bonds is 4. The molecule has 0 spiro atoms. The molecule has 1 N–H and O–H groups in total. The topological polar surface area (TPSA) is 15.3 Å². The molecule has 0 saturated heterocycles. The zero-order chi connectivity index (χ0) is 9.78. The summed E-state index contributed by atoms with van der Waals surface area (Å²) in [7, 11) is 4.83. The van der Waals surface area contributed by atoms with Crippen LogP contribution in [0.5, 0.6) is 0 Å². The van der Waals surface area contributed by atoms with E-state index in [1.807, 2.05) is 0 Å². The Morgan fingerprint density at radius 3 is 2.08 bits per heavy atom. The predicted octanol–water partition coefficient (Wildman–Crippen LogP) is 1.09. The minimum absolute atomic E-state index is 0.0903. The Balaban J connectivity index is 3.84. The van der Waals surface area contributed by atoms with Gasteiger partial charge in [-0.2, -0.15) is 13.2 Å². The molecule has 0 aliphatic rings.